The smallest absolute Gasteiger partial charge is 0.293 e. The van der Waals surface area contributed by atoms with Crippen molar-refractivity contribution < 1.29 is 18.1 Å². The van der Waals surface area contributed by atoms with E-state index in [0.717, 1.165) is 10.4 Å². The predicted octanol–water partition coefficient (Wildman–Crippen LogP) is 2.02. The zero-order valence-electron chi connectivity index (χ0n) is 14.1. The first-order valence-electron chi connectivity index (χ1n) is 7.15. The molecule has 0 saturated heterocycles. The number of hydrogen-bond acceptors (Lipinski definition) is 6. The summed E-state index contributed by atoms with van der Waals surface area (Å²) in [6.07, 6.45) is 0.470. The van der Waals surface area contributed by atoms with Crippen LogP contribution in [0.1, 0.15) is 20.3 Å². The zero-order valence-corrected chi connectivity index (χ0v) is 15.8. The summed E-state index contributed by atoms with van der Waals surface area (Å²) in [5.74, 6) is 0.446. The van der Waals surface area contributed by atoms with Gasteiger partial charge in [0.25, 0.3) is 5.69 Å². The minimum Gasteiger partial charge on any atom is -0.497 e. The predicted molar refractivity (Wildman–Crippen MR) is 94.1 cm³/mol. The summed E-state index contributed by atoms with van der Waals surface area (Å²) in [7, 11) is -1.24. The van der Waals surface area contributed by atoms with Crippen LogP contribution in [0.2, 0.25) is 0 Å². The van der Waals surface area contributed by atoms with Gasteiger partial charge in [-0.15, -0.1) is 12.4 Å². The molecule has 1 atom stereocenters. The Morgan fingerprint density at radius 3 is 2.42 bits per heavy atom. The molecule has 8 nitrogen and oxygen atoms in total. The summed E-state index contributed by atoms with van der Waals surface area (Å²) < 4.78 is 31.2. The largest absolute Gasteiger partial charge is 0.497 e. The van der Waals surface area contributed by atoms with E-state index in [1.54, 1.807) is 0 Å². The number of nitrogens with zero attached hydrogens (tertiary/aromatic N) is 2. The van der Waals surface area contributed by atoms with E-state index in [1.807, 2.05) is 13.8 Å². The van der Waals surface area contributed by atoms with E-state index in [9.17, 15) is 18.5 Å². The van der Waals surface area contributed by atoms with Crippen LogP contribution in [-0.4, -0.2) is 44.4 Å². The Balaban J connectivity index is 0.00000529. The molecule has 2 N–H and O–H groups in total. The number of nitro benzene ring substituents is 1. The van der Waals surface area contributed by atoms with Gasteiger partial charge in [0.15, 0.2) is 4.90 Å². The first kappa shape index (κ1) is 22.6. The van der Waals surface area contributed by atoms with Crippen molar-refractivity contribution >= 4 is 28.1 Å². The minimum absolute atomic E-state index is 0. The van der Waals surface area contributed by atoms with Crippen LogP contribution in [0.3, 0.4) is 0 Å². The van der Waals surface area contributed by atoms with Gasteiger partial charge in [0.2, 0.25) is 10.0 Å². The summed E-state index contributed by atoms with van der Waals surface area (Å²) >= 11 is 0. The lowest BCUT2D eigenvalue weighted by molar-refractivity contribution is -0.387. The molecule has 1 unspecified atom stereocenters. The van der Waals surface area contributed by atoms with Gasteiger partial charge in [0.1, 0.15) is 5.75 Å². The van der Waals surface area contributed by atoms with Crippen LogP contribution >= 0.6 is 12.4 Å². The number of sulfonamides is 1. The zero-order chi connectivity index (χ0) is 17.8. The van der Waals surface area contributed by atoms with E-state index in [2.05, 4.69) is 0 Å². The van der Waals surface area contributed by atoms with Gasteiger partial charge in [-0.25, -0.2) is 12.7 Å². The molecule has 1 aromatic rings. The average molecular weight is 382 g/mol. The summed E-state index contributed by atoms with van der Waals surface area (Å²) in [5.41, 5.74) is 5.41. The second-order valence-corrected chi connectivity index (χ2v) is 7.63. The Kier molecular flexibility index (Phi) is 8.62. The van der Waals surface area contributed by atoms with Crippen LogP contribution in [0, 0.1) is 16.0 Å². The molecule has 0 amide bonds. The quantitative estimate of drug-likeness (QED) is 0.544. The Bertz CT molecular complexity index is 666. The molecule has 24 heavy (non-hydrogen) atoms. The molecule has 1 rings (SSSR count). The number of rotatable bonds is 8. The number of methoxy groups -OCH3 is 1. The second-order valence-electron chi connectivity index (χ2n) is 5.61. The van der Waals surface area contributed by atoms with Crippen molar-refractivity contribution in [2.75, 3.05) is 20.7 Å². The van der Waals surface area contributed by atoms with Crippen LogP contribution in [0.4, 0.5) is 5.69 Å². The highest BCUT2D eigenvalue weighted by Gasteiger charge is 2.30. The van der Waals surface area contributed by atoms with Crippen LogP contribution < -0.4 is 10.5 Å². The van der Waals surface area contributed by atoms with Gasteiger partial charge in [0, 0.05) is 19.6 Å². The highest BCUT2D eigenvalue weighted by atomic mass is 35.5. The van der Waals surface area contributed by atoms with Crippen LogP contribution in [0.15, 0.2) is 23.1 Å². The first-order valence-corrected chi connectivity index (χ1v) is 8.59. The topological polar surface area (TPSA) is 116 Å². The van der Waals surface area contributed by atoms with E-state index < -0.39 is 20.6 Å². The van der Waals surface area contributed by atoms with Gasteiger partial charge in [0.05, 0.1) is 18.1 Å². The molecule has 0 fully saturated rings. The van der Waals surface area contributed by atoms with Gasteiger partial charge < -0.3 is 10.5 Å². The fourth-order valence-electron chi connectivity index (χ4n) is 1.94. The molecule has 0 aliphatic rings. The molecular formula is C14H24ClN3O5S. The highest BCUT2D eigenvalue weighted by Crippen LogP contribution is 2.30. The van der Waals surface area contributed by atoms with E-state index in [1.165, 1.54) is 26.3 Å². The summed E-state index contributed by atoms with van der Waals surface area (Å²) in [6, 6.07) is 3.53. The number of halogens is 1. The summed E-state index contributed by atoms with van der Waals surface area (Å²) in [4.78, 5) is 10.1. The maximum atomic E-state index is 12.6. The fourth-order valence-corrected chi connectivity index (χ4v) is 3.26. The third-order valence-corrected chi connectivity index (χ3v) is 5.59. The van der Waals surface area contributed by atoms with E-state index >= 15 is 0 Å². The van der Waals surface area contributed by atoms with Gasteiger partial charge in [-0.2, -0.15) is 0 Å². The van der Waals surface area contributed by atoms with Crippen molar-refractivity contribution in [3.63, 3.8) is 0 Å². The molecule has 0 saturated carbocycles. The molecule has 0 aliphatic heterocycles. The van der Waals surface area contributed by atoms with Gasteiger partial charge in [-0.1, -0.05) is 13.8 Å². The number of hydrogen-bond donors (Lipinski definition) is 1. The Morgan fingerprint density at radius 1 is 1.38 bits per heavy atom. The van der Waals surface area contributed by atoms with E-state index in [0.29, 0.717) is 6.42 Å². The third-order valence-electron chi connectivity index (χ3n) is 3.68. The summed E-state index contributed by atoms with van der Waals surface area (Å²) in [6.45, 7) is 4.09. The second kappa shape index (κ2) is 9.16. The van der Waals surface area contributed by atoms with Gasteiger partial charge in [-0.3, -0.25) is 10.1 Å². The van der Waals surface area contributed by atoms with Gasteiger partial charge >= 0.3 is 0 Å². The Morgan fingerprint density at radius 2 is 1.96 bits per heavy atom. The molecule has 0 bridgehead atoms. The Hall–Kier alpha value is -1.42. The maximum absolute atomic E-state index is 12.6. The lowest BCUT2D eigenvalue weighted by atomic mass is 10.0. The van der Waals surface area contributed by atoms with Crippen LogP contribution in [-0.2, 0) is 10.0 Å². The molecule has 0 spiro atoms. The number of benzene rings is 1. The normalized spacial score (nSPS) is 12.8. The molecule has 1 aromatic carbocycles. The third kappa shape index (κ3) is 5.30. The average Bonchev–Trinajstić information content (AvgIpc) is 2.50. The minimum atomic E-state index is -3.98. The van der Waals surface area contributed by atoms with Crippen molar-refractivity contribution in [2.45, 2.75) is 31.2 Å². The SMILES string of the molecule is COc1ccc(S(=O)(=O)N(C)CCC(N)C(C)C)c([N+](=O)[O-])c1.Cl. The maximum Gasteiger partial charge on any atom is 0.293 e. The van der Waals surface area contributed by atoms with Gasteiger partial charge in [-0.05, 0) is 24.5 Å². The molecule has 0 radical (unpaired) electrons. The number of nitrogens with two attached hydrogens (primary N) is 1. The van der Waals surface area contributed by atoms with Crippen molar-refractivity contribution in [3.05, 3.63) is 28.3 Å². The summed E-state index contributed by atoms with van der Waals surface area (Å²) in [5, 5.41) is 11.2. The monoisotopic (exact) mass is 381 g/mol. The van der Waals surface area contributed by atoms with Crippen LogP contribution in [0.5, 0.6) is 5.75 Å². The number of nitro groups is 1. The fraction of sp³-hybridized carbons (Fsp3) is 0.571. The lowest BCUT2D eigenvalue weighted by Crippen LogP contribution is -2.34. The first-order chi connectivity index (χ1) is 10.6. The van der Waals surface area contributed by atoms with Crippen LogP contribution in [0.25, 0.3) is 0 Å². The standard InChI is InChI=1S/C14H23N3O5S.ClH/c1-10(2)12(15)7-8-16(3)23(20,21)14-6-5-11(22-4)9-13(14)17(18)19;/h5-6,9-10,12H,7-8,15H2,1-4H3;1H. The van der Waals surface area contributed by atoms with E-state index in [-0.39, 0.29) is 41.6 Å². The molecule has 0 heterocycles. The van der Waals surface area contributed by atoms with E-state index in [4.69, 9.17) is 10.5 Å². The van der Waals surface area contributed by atoms with Crippen molar-refractivity contribution in [1.82, 2.24) is 4.31 Å². The molecule has 0 aromatic heterocycles. The molecule has 10 heteroatoms. The van der Waals surface area contributed by atoms with Crippen molar-refractivity contribution in [1.29, 1.82) is 0 Å². The van der Waals surface area contributed by atoms with Crippen molar-refractivity contribution in [3.8, 4) is 5.75 Å². The molecular weight excluding hydrogens is 358 g/mol. The molecule has 138 valence electrons. The van der Waals surface area contributed by atoms with Crippen molar-refractivity contribution in [2.24, 2.45) is 11.7 Å². The lowest BCUT2D eigenvalue weighted by Gasteiger charge is -2.21. The number of ether oxygens (including phenoxy) is 1. The highest BCUT2D eigenvalue weighted by molar-refractivity contribution is 7.89. The Labute approximate surface area is 148 Å². The molecule has 0 aliphatic carbocycles.